The zero-order chi connectivity index (χ0) is 11.4. The van der Waals surface area contributed by atoms with Gasteiger partial charge in [-0.25, -0.2) is 0 Å². The molecule has 1 aromatic rings. The lowest BCUT2D eigenvalue weighted by atomic mass is 10.00. The van der Waals surface area contributed by atoms with Crippen LogP contribution in [-0.2, 0) is 11.2 Å². The van der Waals surface area contributed by atoms with Gasteiger partial charge >= 0.3 is 0 Å². The average molecular weight is 237 g/mol. The van der Waals surface area contributed by atoms with E-state index in [0.717, 1.165) is 19.5 Å². The number of hydrogen-bond acceptors (Lipinski definition) is 2. The van der Waals surface area contributed by atoms with Crippen LogP contribution >= 0.6 is 11.3 Å². The monoisotopic (exact) mass is 237 g/mol. The Hall–Kier alpha value is -0.830. The summed E-state index contributed by atoms with van der Waals surface area (Å²) in [5, 5.41) is 2.07. The number of hydrogen-bond donors (Lipinski definition) is 0. The van der Waals surface area contributed by atoms with Crippen LogP contribution in [0.2, 0.25) is 0 Å². The molecule has 0 aliphatic carbocycles. The first kappa shape index (κ1) is 11.6. The number of likely N-dealkylation sites (tertiary alicyclic amines) is 1. The molecule has 0 saturated carbocycles. The third-order valence-electron chi connectivity index (χ3n) is 3.18. The van der Waals surface area contributed by atoms with Crippen molar-refractivity contribution in [3.8, 4) is 0 Å². The number of carbonyl (C=O) groups is 1. The Morgan fingerprint density at radius 3 is 3.19 bits per heavy atom. The first-order valence-corrected chi connectivity index (χ1v) is 6.94. The number of nitrogens with zero attached hydrogens (tertiary/aromatic N) is 1. The van der Waals surface area contributed by atoms with Crippen molar-refractivity contribution in [2.24, 2.45) is 5.92 Å². The van der Waals surface area contributed by atoms with Crippen molar-refractivity contribution in [3.05, 3.63) is 22.4 Å². The third-order valence-corrected chi connectivity index (χ3v) is 4.11. The van der Waals surface area contributed by atoms with Gasteiger partial charge in [-0.05, 0) is 36.6 Å². The predicted molar refractivity (Wildman–Crippen MR) is 67.6 cm³/mol. The number of rotatable bonds is 3. The van der Waals surface area contributed by atoms with Crippen molar-refractivity contribution in [1.82, 2.24) is 4.90 Å². The Kier molecular flexibility index (Phi) is 3.99. The zero-order valence-corrected chi connectivity index (χ0v) is 10.6. The van der Waals surface area contributed by atoms with Crippen molar-refractivity contribution in [2.75, 3.05) is 13.1 Å². The van der Waals surface area contributed by atoms with Gasteiger partial charge in [0, 0.05) is 24.4 Å². The molecule has 1 unspecified atom stereocenters. The maximum atomic E-state index is 12.0. The Morgan fingerprint density at radius 1 is 1.62 bits per heavy atom. The quantitative estimate of drug-likeness (QED) is 0.791. The second-order valence-corrected chi connectivity index (χ2v) is 5.70. The van der Waals surface area contributed by atoms with Crippen LogP contribution in [-0.4, -0.2) is 23.9 Å². The number of thiophene rings is 1. The van der Waals surface area contributed by atoms with E-state index >= 15 is 0 Å². The van der Waals surface area contributed by atoms with Gasteiger partial charge in [0.2, 0.25) is 5.91 Å². The molecule has 0 spiro atoms. The highest BCUT2D eigenvalue weighted by Gasteiger charge is 2.20. The summed E-state index contributed by atoms with van der Waals surface area (Å²) >= 11 is 1.74. The van der Waals surface area contributed by atoms with Crippen LogP contribution in [0.3, 0.4) is 0 Å². The summed E-state index contributed by atoms with van der Waals surface area (Å²) in [5.74, 6) is 1.01. The number of carbonyl (C=O) groups excluding carboxylic acids is 1. The standard InChI is InChI=1S/C13H19NOS/c1-11-4-2-8-14(10-11)13(15)7-6-12-5-3-9-16-12/h3,5,9,11H,2,4,6-8,10H2,1H3. The van der Waals surface area contributed by atoms with Gasteiger partial charge in [0.15, 0.2) is 0 Å². The Labute approximate surface area is 101 Å². The van der Waals surface area contributed by atoms with Crippen LogP contribution in [0.5, 0.6) is 0 Å². The van der Waals surface area contributed by atoms with E-state index < -0.39 is 0 Å². The highest BCUT2D eigenvalue weighted by atomic mass is 32.1. The molecule has 2 rings (SSSR count). The number of piperidine rings is 1. The van der Waals surface area contributed by atoms with Gasteiger partial charge in [-0.2, -0.15) is 0 Å². The molecule has 0 radical (unpaired) electrons. The topological polar surface area (TPSA) is 20.3 Å². The molecule has 0 aromatic carbocycles. The maximum Gasteiger partial charge on any atom is 0.222 e. The van der Waals surface area contributed by atoms with Crippen LogP contribution in [0.4, 0.5) is 0 Å². The zero-order valence-electron chi connectivity index (χ0n) is 9.82. The van der Waals surface area contributed by atoms with Gasteiger partial charge in [0.1, 0.15) is 0 Å². The first-order chi connectivity index (χ1) is 7.75. The van der Waals surface area contributed by atoms with Gasteiger partial charge in [-0.15, -0.1) is 11.3 Å². The van der Waals surface area contributed by atoms with Crippen LogP contribution in [0.25, 0.3) is 0 Å². The maximum absolute atomic E-state index is 12.0. The van der Waals surface area contributed by atoms with E-state index in [1.807, 2.05) is 11.0 Å². The second kappa shape index (κ2) is 5.48. The molecule has 2 nitrogen and oxygen atoms in total. The van der Waals surface area contributed by atoms with Gasteiger partial charge in [-0.3, -0.25) is 4.79 Å². The summed E-state index contributed by atoms with van der Waals surface area (Å²) in [6.07, 6.45) is 4.02. The van der Waals surface area contributed by atoms with E-state index in [1.165, 1.54) is 17.7 Å². The second-order valence-electron chi connectivity index (χ2n) is 4.67. The highest BCUT2D eigenvalue weighted by molar-refractivity contribution is 7.09. The molecule has 1 saturated heterocycles. The van der Waals surface area contributed by atoms with E-state index in [9.17, 15) is 4.79 Å². The molecule has 3 heteroatoms. The number of aryl methyl sites for hydroxylation is 1. The Bertz CT molecular complexity index is 334. The highest BCUT2D eigenvalue weighted by Crippen LogP contribution is 2.17. The lowest BCUT2D eigenvalue weighted by Crippen LogP contribution is -2.39. The fraction of sp³-hybridized carbons (Fsp3) is 0.615. The lowest BCUT2D eigenvalue weighted by Gasteiger charge is -2.31. The Balaban J connectivity index is 1.79. The van der Waals surface area contributed by atoms with E-state index in [2.05, 4.69) is 18.4 Å². The van der Waals surface area contributed by atoms with Gasteiger partial charge in [0.05, 0.1) is 0 Å². The summed E-state index contributed by atoms with van der Waals surface area (Å²) < 4.78 is 0. The SMILES string of the molecule is CC1CCCN(C(=O)CCc2cccs2)C1. The fourth-order valence-electron chi connectivity index (χ4n) is 2.26. The van der Waals surface area contributed by atoms with Crippen molar-refractivity contribution < 1.29 is 4.79 Å². The first-order valence-electron chi connectivity index (χ1n) is 6.06. The summed E-state index contributed by atoms with van der Waals surface area (Å²) in [4.78, 5) is 15.3. The summed E-state index contributed by atoms with van der Waals surface area (Å²) in [7, 11) is 0. The van der Waals surface area contributed by atoms with E-state index in [-0.39, 0.29) is 0 Å². The number of amides is 1. The molecule has 1 aliphatic heterocycles. The van der Waals surface area contributed by atoms with Crippen molar-refractivity contribution in [2.45, 2.75) is 32.6 Å². The van der Waals surface area contributed by atoms with Crippen molar-refractivity contribution in [3.63, 3.8) is 0 Å². The largest absolute Gasteiger partial charge is 0.342 e. The predicted octanol–water partition coefficient (Wildman–Crippen LogP) is 2.94. The van der Waals surface area contributed by atoms with Gasteiger partial charge in [-0.1, -0.05) is 13.0 Å². The molecule has 1 aromatic heterocycles. The molecule has 0 bridgehead atoms. The minimum Gasteiger partial charge on any atom is -0.342 e. The van der Waals surface area contributed by atoms with Crippen LogP contribution in [0, 0.1) is 5.92 Å². The molecular formula is C13H19NOS. The molecule has 1 fully saturated rings. The van der Waals surface area contributed by atoms with Crippen LogP contribution in [0.15, 0.2) is 17.5 Å². The minimum absolute atomic E-state index is 0.333. The van der Waals surface area contributed by atoms with Crippen LogP contribution in [0.1, 0.15) is 31.1 Å². The fourth-order valence-corrected chi connectivity index (χ4v) is 2.97. The third kappa shape index (κ3) is 3.08. The molecule has 2 heterocycles. The average Bonchev–Trinajstić information content (AvgIpc) is 2.78. The van der Waals surface area contributed by atoms with E-state index in [1.54, 1.807) is 11.3 Å². The van der Waals surface area contributed by atoms with Gasteiger partial charge < -0.3 is 4.90 Å². The molecule has 1 amide bonds. The summed E-state index contributed by atoms with van der Waals surface area (Å²) in [6.45, 7) is 4.16. The molecular weight excluding hydrogens is 218 g/mol. The molecule has 1 atom stereocenters. The van der Waals surface area contributed by atoms with E-state index in [4.69, 9.17) is 0 Å². The van der Waals surface area contributed by atoms with Gasteiger partial charge in [0.25, 0.3) is 0 Å². The van der Waals surface area contributed by atoms with E-state index in [0.29, 0.717) is 18.2 Å². The van der Waals surface area contributed by atoms with Crippen molar-refractivity contribution in [1.29, 1.82) is 0 Å². The summed E-state index contributed by atoms with van der Waals surface area (Å²) in [5.41, 5.74) is 0. The molecule has 1 aliphatic rings. The summed E-state index contributed by atoms with van der Waals surface area (Å²) in [6, 6.07) is 4.16. The molecule has 16 heavy (non-hydrogen) atoms. The molecule has 0 N–H and O–H groups in total. The molecule has 88 valence electrons. The smallest absolute Gasteiger partial charge is 0.222 e. The minimum atomic E-state index is 0.333. The Morgan fingerprint density at radius 2 is 2.50 bits per heavy atom. The normalized spacial score (nSPS) is 21.1. The van der Waals surface area contributed by atoms with Crippen molar-refractivity contribution >= 4 is 17.2 Å². The lowest BCUT2D eigenvalue weighted by molar-refractivity contribution is -0.132. The van der Waals surface area contributed by atoms with Crippen LogP contribution < -0.4 is 0 Å².